The molecule has 1 aliphatic heterocycles. The quantitative estimate of drug-likeness (QED) is 0.843. The average molecular weight is 362 g/mol. The van der Waals surface area contributed by atoms with Crippen LogP contribution in [0, 0.1) is 0 Å². The van der Waals surface area contributed by atoms with Gasteiger partial charge in [-0.25, -0.2) is 4.99 Å². The highest BCUT2D eigenvalue weighted by molar-refractivity contribution is 7.12. The van der Waals surface area contributed by atoms with Gasteiger partial charge >= 0.3 is 0 Å². The minimum Gasteiger partial charge on any atom is -0.330 e. The molecule has 0 bridgehead atoms. The van der Waals surface area contributed by atoms with Gasteiger partial charge in [0, 0.05) is 16.7 Å². The van der Waals surface area contributed by atoms with Crippen LogP contribution < -0.4 is 5.73 Å². The van der Waals surface area contributed by atoms with Gasteiger partial charge in [-0.3, -0.25) is 9.59 Å². The molecule has 2 heterocycles. The summed E-state index contributed by atoms with van der Waals surface area (Å²) in [5.41, 5.74) is 11.2. The molecule has 2 aromatic rings. The van der Waals surface area contributed by atoms with E-state index in [2.05, 4.69) is 11.9 Å². The zero-order valence-corrected chi connectivity index (χ0v) is 15.4. The Morgan fingerprint density at radius 3 is 2.54 bits per heavy atom. The van der Waals surface area contributed by atoms with Crippen molar-refractivity contribution in [3.05, 3.63) is 68.9 Å². The Hall–Kier alpha value is -2.63. The third-order valence-corrected chi connectivity index (χ3v) is 5.82. The first kappa shape index (κ1) is 16.8. The molecule has 26 heavy (non-hydrogen) atoms. The third-order valence-electron chi connectivity index (χ3n) is 4.92. The molecule has 4 nitrogen and oxygen atoms in total. The van der Waals surface area contributed by atoms with Crippen LogP contribution in [0.25, 0.3) is 11.1 Å². The van der Waals surface area contributed by atoms with Crippen molar-refractivity contribution in [1.82, 2.24) is 0 Å². The number of ketones is 1. The molecule has 1 unspecified atom stereocenters. The summed E-state index contributed by atoms with van der Waals surface area (Å²) in [7, 11) is 0. The molecule has 0 saturated heterocycles. The Balaban J connectivity index is 1.93. The number of benzene rings is 1. The Morgan fingerprint density at radius 1 is 1.12 bits per heavy atom. The Labute approximate surface area is 155 Å². The number of nitrogens with two attached hydrogens (primary N) is 1. The lowest BCUT2D eigenvalue weighted by Gasteiger charge is -2.24. The first-order valence-electron chi connectivity index (χ1n) is 8.50. The van der Waals surface area contributed by atoms with Gasteiger partial charge in [-0.05, 0) is 53.6 Å². The van der Waals surface area contributed by atoms with Crippen LogP contribution in [0.1, 0.15) is 46.1 Å². The molecule has 130 valence electrons. The number of amides is 1. The summed E-state index contributed by atoms with van der Waals surface area (Å²) in [4.78, 5) is 30.0. The summed E-state index contributed by atoms with van der Waals surface area (Å²) in [6.07, 6.45) is 1.57. The summed E-state index contributed by atoms with van der Waals surface area (Å²) in [5.74, 6) is -0.0244. The predicted molar refractivity (Wildman–Crippen MR) is 106 cm³/mol. The van der Waals surface area contributed by atoms with E-state index in [0.29, 0.717) is 22.7 Å². The highest BCUT2D eigenvalue weighted by atomic mass is 32.1. The van der Waals surface area contributed by atoms with Crippen LogP contribution in [0.15, 0.2) is 52.4 Å². The van der Waals surface area contributed by atoms with E-state index in [9.17, 15) is 9.59 Å². The molecule has 1 aromatic heterocycles. The molecule has 1 amide bonds. The molecule has 5 heteroatoms. The molecule has 1 atom stereocenters. The van der Waals surface area contributed by atoms with Gasteiger partial charge in [0.2, 0.25) is 0 Å². The summed E-state index contributed by atoms with van der Waals surface area (Å²) in [6.45, 7) is 4.47. The second kappa shape index (κ2) is 6.27. The second-order valence-electron chi connectivity index (χ2n) is 6.63. The van der Waals surface area contributed by atoms with E-state index >= 15 is 0 Å². The monoisotopic (exact) mass is 362 g/mol. The van der Waals surface area contributed by atoms with Crippen LogP contribution in [0.3, 0.4) is 0 Å². The summed E-state index contributed by atoms with van der Waals surface area (Å²) < 4.78 is 0. The fourth-order valence-corrected chi connectivity index (χ4v) is 4.19. The first-order chi connectivity index (χ1) is 12.5. The number of allylic oxidation sites excluding steroid dienone is 4. The number of hydrogen-bond acceptors (Lipinski definition) is 4. The van der Waals surface area contributed by atoms with E-state index in [4.69, 9.17) is 5.73 Å². The SMILES string of the molecule is CC1=CC(=O)C(c2ccc(C(C)CN)cc2)=C2C1=NC(=O)c1sccc12. The Kier molecular flexibility index (Phi) is 4.05. The van der Waals surface area contributed by atoms with Gasteiger partial charge < -0.3 is 5.73 Å². The summed E-state index contributed by atoms with van der Waals surface area (Å²) >= 11 is 1.36. The number of carbonyl (C=O) groups is 2. The number of nitrogens with zero attached hydrogens (tertiary/aromatic N) is 1. The molecule has 0 fully saturated rings. The van der Waals surface area contributed by atoms with Crippen molar-refractivity contribution in [3.63, 3.8) is 0 Å². The lowest BCUT2D eigenvalue weighted by atomic mass is 9.81. The Morgan fingerprint density at radius 2 is 1.85 bits per heavy atom. The summed E-state index contributed by atoms with van der Waals surface area (Å²) in [5, 5.41) is 1.87. The van der Waals surface area contributed by atoms with Crippen molar-refractivity contribution in [2.75, 3.05) is 6.54 Å². The highest BCUT2D eigenvalue weighted by Crippen LogP contribution is 2.40. The molecule has 2 aliphatic rings. The van der Waals surface area contributed by atoms with Gasteiger partial charge in [0.15, 0.2) is 5.78 Å². The van der Waals surface area contributed by atoms with Crippen LogP contribution in [0.5, 0.6) is 0 Å². The van der Waals surface area contributed by atoms with Crippen LogP contribution in [0.2, 0.25) is 0 Å². The largest absolute Gasteiger partial charge is 0.330 e. The molecule has 1 aromatic carbocycles. The number of rotatable bonds is 3. The van der Waals surface area contributed by atoms with Gasteiger partial charge in [-0.15, -0.1) is 11.3 Å². The number of carbonyl (C=O) groups excluding carboxylic acids is 2. The lowest BCUT2D eigenvalue weighted by molar-refractivity contribution is -0.109. The predicted octanol–water partition coefficient (Wildman–Crippen LogP) is 3.84. The standard InChI is InChI=1S/C21H18N2O2S/c1-11-9-16(24)17(14-5-3-13(4-6-14)12(2)10-22)18-15-7-8-26-20(15)21(25)23-19(11)18/h3-9,12H,10,22H2,1-2H3. The van der Waals surface area contributed by atoms with Crippen molar-refractivity contribution < 1.29 is 9.59 Å². The normalized spacial score (nSPS) is 17.5. The Bertz CT molecular complexity index is 1020. The summed E-state index contributed by atoms with van der Waals surface area (Å²) in [6, 6.07) is 9.84. The topological polar surface area (TPSA) is 72.5 Å². The minimum absolute atomic E-state index is 0.0532. The van der Waals surface area contributed by atoms with Gasteiger partial charge in [0.1, 0.15) is 4.88 Å². The number of fused-ring (bicyclic) bond motifs is 3. The van der Waals surface area contributed by atoms with Crippen molar-refractivity contribution in [2.24, 2.45) is 10.7 Å². The van der Waals surface area contributed by atoms with E-state index in [0.717, 1.165) is 27.8 Å². The van der Waals surface area contributed by atoms with E-state index in [-0.39, 0.29) is 17.6 Å². The minimum atomic E-state index is -0.234. The van der Waals surface area contributed by atoms with E-state index in [1.165, 1.54) is 11.3 Å². The molecule has 4 rings (SSSR count). The average Bonchev–Trinajstić information content (AvgIpc) is 3.13. The molecular formula is C21H18N2O2S. The first-order valence-corrected chi connectivity index (χ1v) is 9.38. The van der Waals surface area contributed by atoms with Gasteiger partial charge in [-0.2, -0.15) is 0 Å². The van der Waals surface area contributed by atoms with Crippen molar-refractivity contribution >= 4 is 39.9 Å². The zero-order valence-electron chi connectivity index (χ0n) is 14.6. The molecule has 0 radical (unpaired) electrons. The van der Waals surface area contributed by atoms with Crippen molar-refractivity contribution in [2.45, 2.75) is 19.8 Å². The van der Waals surface area contributed by atoms with E-state index < -0.39 is 0 Å². The second-order valence-corrected chi connectivity index (χ2v) is 7.55. The number of hydrogen-bond donors (Lipinski definition) is 1. The van der Waals surface area contributed by atoms with E-state index in [1.807, 2.05) is 42.6 Å². The number of aliphatic imine (C=N–C) groups is 1. The maximum absolute atomic E-state index is 12.9. The van der Waals surface area contributed by atoms with Crippen LogP contribution >= 0.6 is 11.3 Å². The van der Waals surface area contributed by atoms with Gasteiger partial charge in [0.25, 0.3) is 5.91 Å². The maximum atomic E-state index is 12.9. The lowest BCUT2D eigenvalue weighted by Crippen LogP contribution is -2.22. The third kappa shape index (κ3) is 2.52. The molecular weight excluding hydrogens is 344 g/mol. The van der Waals surface area contributed by atoms with Crippen molar-refractivity contribution in [3.8, 4) is 0 Å². The van der Waals surface area contributed by atoms with Gasteiger partial charge in [0.05, 0.1) is 5.71 Å². The highest BCUT2D eigenvalue weighted by Gasteiger charge is 2.33. The fraction of sp³-hybridized carbons (Fsp3) is 0.190. The molecule has 2 N–H and O–H groups in total. The van der Waals surface area contributed by atoms with Gasteiger partial charge in [-0.1, -0.05) is 31.2 Å². The fourth-order valence-electron chi connectivity index (χ4n) is 3.41. The zero-order chi connectivity index (χ0) is 18.4. The molecule has 0 spiro atoms. The van der Waals surface area contributed by atoms with E-state index in [1.54, 1.807) is 6.08 Å². The molecule has 0 saturated carbocycles. The van der Waals surface area contributed by atoms with Crippen LogP contribution in [-0.4, -0.2) is 23.9 Å². The van der Waals surface area contributed by atoms with Crippen LogP contribution in [-0.2, 0) is 4.79 Å². The maximum Gasteiger partial charge on any atom is 0.288 e. The number of thiophene rings is 1. The molecule has 1 aliphatic carbocycles. The van der Waals surface area contributed by atoms with Crippen molar-refractivity contribution in [1.29, 1.82) is 0 Å². The smallest absolute Gasteiger partial charge is 0.288 e. The van der Waals surface area contributed by atoms with Crippen LogP contribution in [0.4, 0.5) is 0 Å².